The average molecular weight is 291 g/mol. The summed E-state index contributed by atoms with van der Waals surface area (Å²) in [4.78, 5) is 8.97. The minimum Gasteiger partial charge on any atom is -0.478 e. The van der Waals surface area contributed by atoms with Gasteiger partial charge in [0.05, 0.1) is 6.61 Å². The molecule has 1 heterocycles. The lowest BCUT2D eigenvalue weighted by Crippen LogP contribution is -2.27. The number of nitrogens with one attached hydrogen (secondary N) is 1. The highest BCUT2D eigenvalue weighted by Crippen LogP contribution is 2.29. The van der Waals surface area contributed by atoms with Crippen LogP contribution in [0.25, 0.3) is 0 Å². The fourth-order valence-electron chi connectivity index (χ4n) is 3.07. The number of nitrogens with zero attached hydrogens (tertiary/aromatic N) is 2. The summed E-state index contributed by atoms with van der Waals surface area (Å²) in [6.45, 7) is 7.08. The summed E-state index contributed by atoms with van der Waals surface area (Å²) in [7, 11) is 0. The van der Waals surface area contributed by atoms with E-state index in [1.807, 2.05) is 13.0 Å². The topological polar surface area (TPSA) is 47.0 Å². The first-order valence-electron chi connectivity index (χ1n) is 8.46. The van der Waals surface area contributed by atoms with Crippen molar-refractivity contribution in [1.29, 1.82) is 0 Å². The van der Waals surface area contributed by atoms with Crippen LogP contribution in [0.1, 0.15) is 64.5 Å². The standard InChI is InChI=1S/C17H29N3O/c1-4-6-14-7-9-15(10-8-14)19-17-18-13(3)12-16(20-17)21-11-5-2/h12,14-15H,4-11H2,1-3H3,(H,18,19,20). The molecule has 1 aliphatic carbocycles. The van der Waals surface area contributed by atoms with E-state index >= 15 is 0 Å². The molecule has 1 saturated carbocycles. The van der Waals surface area contributed by atoms with Gasteiger partial charge in [0.25, 0.3) is 0 Å². The molecule has 1 N–H and O–H groups in total. The molecule has 0 saturated heterocycles. The van der Waals surface area contributed by atoms with Crippen molar-refractivity contribution in [2.75, 3.05) is 11.9 Å². The molecule has 4 nitrogen and oxygen atoms in total. The molecule has 0 unspecified atom stereocenters. The zero-order chi connectivity index (χ0) is 15.1. The Balaban J connectivity index is 1.89. The van der Waals surface area contributed by atoms with E-state index in [1.54, 1.807) is 0 Å². The minimum absolute atomic E-state index is 0.513. The maximum absolute atomic E-state index is 5.62. The Bertz CT molecular complexity index is 428. The molecular weight excluding hydrogens is 262 g/mol. The molecule has 0 bridgehead atoms. The van der Waals surface area contributed by atoms with Crippen LogP contribution in [-0.2, 0) is 0 Å². The van der Waals surface area contributed by atoms with Crippen molar-refractivity contribution >= 4 is 5.95 Å². The van der Waals surface area contributed by atoms with E-state index in [9.17, 15) is 0 Å². The number of hydrogen-bond donors (Lipinski definition) is 1. The third-order valence-electron chi connectivity index (χ3n) is 4.16. The van der Waals surface area contributed by atoms with Gasteiger partial charge in [-0.05, 0) is 44.9 Å². The zero-order valence-corrected chi connectivity index (χ0v) is 13.7. The quantitative estimate of drug-likeness (QED) is 0.811. The fraction of sp³-hybridized carbons (Fsp3) is 0.765. The Morgan fingerprint density at radius 3 is 2.57 bits per heavy atom. The van der Waals surface area contributed by atoms with Gasteiger partial charge in [-0.15, -0.1) is 0 Å². The average Bonchev–Trinajstić information content (AvgIpc) is 2.47. The van der Waals surface area contributed by atoms with Gasteiger partial charge in [-0.1, -0.05) is 26.7 Å². The van der Waals surface area contributed by atoms with E-state index in [4.69, 9.17) is 4.74 Å². The summed E-state index contributed by atoms with van der Waals surface area (Å²) in [6, 6.07) is 2.41. The van der Waals surface area contributed by atoms with Crippen LogP contribution in [-0.4, -0.2) is 22.6 Å². The predicted octanol–water partition coefficient (Wildman–Crippen LogP) is 4.34. The first-order chi connectivity index (χ1) is 10.2. The third kappa shape index (κ3) is 5.18. The molecule has 4 heteroatoms. The van der Waals surface area contributed by atoms with Crippen molar-refractivity contribution in [2.24, 2.45) is 5.92 Å². The Morgan fingerprint density at radius 1 is 1.14 bits per heavy atom. The summed E-state index contributed by atoms with van der Waals surface area (Å²) in [6.07, 6.45) is 8.80. The van der Waals surface area contributed by atoms with Gasteiger partial charge < -0.3 is 10.1 Å². The van der Waals surface area contributed by atoms with Crippen molar-refractivity contribution in [3.63, 3.8) is 0 Å². The summed E-state index contributed by atoms with van der Waals surface area (Å²) in [5, 5.41) is 3.50. The number of aromatic nitrogens is 2. The van der Waals surface area contributed by atoms with Gasteiger partial charge in [0.1, 0.15) is 0 Å². The summed E-state index contributed by atoms with van der Waals surface area (Å²) in [5.74, 6) is 2.33. The highest BCUT2D eigenvalue weighted by atomic mass is 16.5. The van der Waals surface area contributed by atoms with Crippen LogP contribution in [0, 0.1) is 12.8 Å². The van der Waals surface area contributed by atoms with E-state index in [0.29, 0.717) is 18.5 Å². The first kappa shape index (κ1) is 16.1. The van der Waals surface area contributed by atoms with Crippen molar-refractivity contribution in [2.45, 2.75) is 71.8 Å². The summed E-state index contributed by atoms with van der Waals surface area (Å²) >= 11 is 0. The lowest BCUT2D eigenvalue weighted by Gasteiger charge is -2.29. The lowest BCUT2D eigenvalue weighted by molar-refractivity contribution is 0.303. The number of anilines is 1. The molecule has 21 heavy (non-hydrogen) atoms. The molecular formula is C17H29N3O. The second-order valence-electron chi connectivity index (χ2n) is 6.17. The van der Waals surface area contributed by atoms with Gasteiger partial charge in [-0.25, -0.2) is 4.98 Å². The fourth-order valence-corrected chi connectivity index (χ4v) is 3.07. The molecule has 2 rings (SSSR count). The van der Waals surface area contributed by atoms with Crippen LogP contribution >= 0.6 is 0 Å². The normalized spacial score (nSPS) is 22.0. The highest BCUT2D eigenvalue weighted by Gasteiger charge is 2.21. The van der Waals surface area contributed by atoms with E-state index in [2.05, 4.69) is 29.1 Å². The third-order valence-corrected chi connectivity index (χ3v) is 4.16. The zero-order valence-electron chi connectivity index (χ0n) is 13.7. The Morgan fingerprint density at radius 2 is 1.90 bits per heavy atom. The predicted molar refractivity (Wildman–Crippen MR) is 86.8 cm³/mol. The molecule has 0 radical (unpaired) electrons. The molecule has 0 aromatic carbocycles. The van der Waals surface area contributed by atoms with Crippen molar-refractivity contribution in [3.8, 4) is 5.88 Å². The number of rotatable bonds is 7. The van der Waals surface area contributed by atoms with Crippen LogP contribution in [0.2, 0.25) is 0 Å². The smallest absolute Gasteiger partial charge is 0.226 e. The van der Waals surface area contributed by atoms with Gasteiger partial charge in [0, 0.05) is 17.8 Å². The lowest BCUT2D eigenvalue weighted by atomic mass is 9.83. The molecule has 0 aliphatic heterocycles. The molecule has 1 aliphatic rings. The Hall–Kier alpha value is -1.32. The minimum atomic E-state index is 0.513. The monoisotopic (exact) mass is 291 g/mol. The van der Waals surface area contributed by atoms with Crippen molar-refractivity contribution in [1.82, 2.24) is 9.97 Å². The van der Waals surface area contributed by atoms with E-state index in [-0.39, 0.29) is 0 Å². The van der Waals surface area contributed by atoms with Crippen LogP contribution in [0.3, 0.4) is 0 Å². The number of ether oxygens (including phenoxy) is 1. The molecule has 118 valence electrons. The number of hydrogen-bond acceptors (Lipinski definition) is 4. The Labute approximate surface area is 128 Å². The second kappa shape index (κ2) is 8.20. The SMILES string of the molecule is CCCOc1cc(C)nc(NC2CCC(CCC)CC2)n1. The van der Waals surface area contributed by atoms with Crippen molar-refractivity contribution in [3.05, 3.63) is 11.8 Å². The molecule has 0 atom stereocenters. The second-order valence-corrected chi connectivity index (χ2v) is 6.17. The van der Waals surface area contributed by atoms with Gasteiger partial charge in [-0.3, -0.25) is 0 Å². The van der Waals surface area contributed by atoms with Gasteiger partial charge in [0.2, 0.25) is 11.8 Å². The van der Waals surface area contributed by atoms with Gasteiger partial charge >= 0.3 is 0 Å². The highest BCUT2D eigenvalue weighted by molar-refractivity contribution is 5.31. The molecule has 1 aromatic rings. The summed E-state index contributed by atoms with van der Waals surface area (Å²) in [5.41, 5.74) is 0.957. The molecule has 0 amide bonds. The van der Waals surface area contributed by atoms with Gasteiger partial charge in [0.15, 0.2) is 0 Å². The van der Waals surface area contributed by atoms with E-state index in [1.165, 1.54) is 38.5 Å². The maximum atomic E-state index is 5.62. The maximum Gasteiger partial charge on any atom is 0.226 e. The molecule has 1 fully saturated rings. The Kier molecular flexibility index (Phi) is 6.27. The largest absolute Gasteiger partial charge is 0.478 e. The van der Waals surface area contributed by atoms with Crippen LogP contribution < -0.4 is 10.1 Å². The summed E-state index contributed by atoms with van der Waals surface area (Å²) < 4.78 is 5.62. The van der Waals surface area contributed by atoms with Crippen molar-refractivity contribution < 1.29 is 4.74 Å². The first-order valence-corrected chi connectivity index (χ1v) is 8.46. The number of aryl methyl sites for hydroxylation is 1. The van der Waals surface area contributed by atoms with Gasteiger partial charge in [-0.2, -0.15) is 4.98 Å². The molecule has 1 aromatic heterocycles. The van der Waals surface area contributed by atoms with E-state index in [0.717, 1.165) is 24.0 Å². The van der Waals surface area contributed by atoms with E-state index < -0.39 is 0 Å². The van der Waals surface area contributed by atoms with Crippen LogP contribution in [0.4, 0.5) is 5.95 Å². The molecule has 0 spiro atoms. The van der Waals surface area contributed by atoms with Crippen LogP contribution in [0.5, 0.6) is 5.88 Å². The van der Waals surface area contributed by atoms with Crippen LogP contribution in [0.15, 0.2) is 6.07 Å².